The van der Waals surface area contributed by atoms with Gasteiger partial charge < -0.3 is 4.90 Å². The summed E-state index contributed by atoms with van der Waals surface area (Å²) in [6.45, 7) is 8.21. The zero-order valence-corrected chi connectivity index (χ0v) is 15.8. The van der Waals surface area contributed by atoms with Crippen LogP contribution >= 0.6 is 0 Å². The number of benzene rings is 1. The van der Waals surface area contributed by atoms with Crippen molar-refractivity contribution in [2.45, 2.75) is 45.4 Å². The monoisotopic (exact) mass is 339 g/mol. The van der Waals surface area contributed by atoms with Crippen molar-refractivity contribution in [3.63, 3.8) is 0 Å². The third kappa shape index (κ3) is 3.78. The summed E-state index contributed by atoms with van der Waals surface area (Å²) in [5, 5.41) is 4.53. The third-order valence-electron chi connectivity index (χ3n) is 5.22. The summed E-state index contributed by atoms with van der Waals surface area (Å²) in [6, 6.07) is 12.5. The standard InChI is InChI=1S/C21H29N3O/c1-16(2)13-18-14-19(23(4)22-18)20(25)24-12-8-11-21(3,15-24)17-9-6-5-7-10-17/h5-7,9-10,14,16H,8,11-13,15H2,1-4H3/t21-/m1/s1. The Morgan fingerprint density at radius 1 is 1.28 bits per heavy atom. The highest BCUT2D eigenvalue weighted by molar-refractivity contribution is 5.92. The first-order chi connectivity index (χ1) is 11.9. The van der Waals surface area contributed by atoms with Gasteiger partial charge >= 0.3 is 0 Å². The van der Waals surface area contributed by atoms with Gasteiger partial charge in [-0.1, -0.05) is 51.1 Å². The van der Waals surface area contributed by atoms with Crippen LogP contribution in [0, 0.1) is 5.92 Å². The average Bonchev–Trinajstić information content (AvgIpc) is 2.94. The van der Waals surface area contributed by atoms with Gasteiger partial charge in [-0.15, -0.1) is 0 Å². The van der Waals surface area contributed by atoms with Gasteiger partial charge in [-0.05, 0) is 36.8 Å². The molecule has 4 heteroatoms. The van der Waals surface area contributed by atoms with Gasteiger partial charge in [0.15, 0.2) is 0 Å². The molecule has 1 fully saturated rings. The van der Waals surface area contributed by atoms with Crippen molar-refractivity contribution in [3.8, 4) is 0 Å². The SMILES string of the molecule is CC(C)Cc1cc(C(=O)N2CCC[C@@](C)(c3ccccc3)C2)n(C)n1. The van der Waals surface area contributed by atoms with E-state index in [0.717, 1.165) is 38.0 Å². The van der Waals surface area contributed by atoms with Gasteiger partial charge in [0, 0.05) is 25.6 Å². The van der Waals surface area contributed by atoms with Crippen molar-refractivity contribution in [2.75, 3.05) is 13.1 Å². The molecule has 1 saturated heterocycles. The molecule has 134 valence electrons. The number of aromatic nitrogens is 2. The Labute approximate surface area is 150 Å². The summed E-state index contributed by atoms with van der Waals surface area (Å²) >= 11 is 0. The number of piperidine rings is 1. The summed E-state index contributed by atoms with van der Waals surface area (Å²) in [7, 11) is 1.87. The molecule has 0 N–H and O–H groups in total. The molecule has 0 bridgehead atoms. The Hall–Kier alpha value is -2.10. The topological polar surface area (TPSA) is 38.1 Å². The van der Waals surface area contributed by atoms with E-state index in [-0.39, 0.29) is 11.3 Å². The maximum atomic E-state index is 13.1. The van der Waals surface area contributed by atoms with Crippen molar-refractivity contribution >= 4 is 5.91 Å². The quantitative estimate of drug-likeness (QED) is 0.849. The first kappa shape index (κ1) is 17.7. The van der Waals surface area contributed by atoms with Gasteiger partial charge in [0.1, 0.15) is 5.69 Å². The lowest BCUT2D eigenvalue weighted by Gasteiger charge is -2.41. The third-order valence-corrected chi connectivity index (χ3v) is 5.22. The van der Waals surface area contributed by atoms with Crippen molar-refractivity contribution in [1.29, 1.82) is 0 Å². The minimum Gasteiger partial charge on any atom is -0.336 e. The Morgan fingerprint density at radius 2 is 2.00 bits per heavy atom. The second kappa shape index (κ2) is 7.03. The number of carbonyl (C=O) groups excluding carboxylic acids is 1. The second-order valence-corrected chi connectivity index (χ2v) is 8.00. The summed E-state index contributed by atoms with van der Waals surface area (Å²) < 4.78 is 1.74. The number of likely N-dealkylation sites (tertiary alicyclic amines) is 1. The number of carbonyl (C=O) groups is 1. The molecule has 2 aromatic rings. The molecule has 1 aromatic heterocycles. The van der Waals surface area contributed by atoms with Crippen LogP contribution in [0.15, 0.2) is 36.4 Å². The summed E-state index contributed by atoms with van der Waals surface area (Å²) in [5.74, 6) is 0.640. The van der Waals surface area contributed by atoms with Crippen LogP contribution in [-0.4, -0.2) is 33.7 Å². The normalized spacial score (nSPS) is 20.9. The zero-order valence-electron chi connectivity index (χ0n) is 15.8. The van der Waals surface area contributed by atoms with Crippen LogP contribution in [0.3, 0.4) is 0 Å². The number of amides is 1. The average molecular weight is 339 g/mol. The van der Waals surface area contributed by atoms with Crippen LogP contribution in [0.25, 0.3) is 0 Å². The van der Waals surface area contributed by atoms with Crippen LogP contribution in [0.4, 0.5) is 0 Å². The van der Waals surface area contributed by atoms with Crippen LogP contribution in [-0.2, 0) is 18.9 Å². The molecule has 0 saturated carbocycles. The number of rotatable bonds is 4. The summed E-state index contributed by atoms with van der Waals surface area (Å²) in [6.07, 6.45) is 3.06. The van der Waals surface area contributed by atoms with Crippen LogP contribution < -0.4 is 0 Å². The second-order valence-electron chi connectivity index (χ2n) is 8.00. The first-order valence-electron chi connectivity index (χ1n) is 9.27. The minimum atomic E-state index is 0.0223. The smallest absolute Gasteiger partial charge is 0.272 e. The fourth-order valence-electron chi connectivity index (χ4n) is 3.90. The lowest BCUT2D eigenvalue weighted by Crippen LogP contribution is -2.47. The molecule has 1 aromatic carbocycles. The molecular weight excluding hydrogens is 310 g/mol. The van der Waals surface area contributed by atoms with Gasteiger partial charge in [-0.2, -0.15) is 5.10 Å². The molecular formula is C21H29N3O. The lowest BCUT2D eigenvalue weighted by atomic mass is 9.76. The minimum absolute atomic E-state index is 0.0223. The van der Waals surface area contributed by atoms with Crippen molar-refractivity contribution in [3.05, 3.63) is 53.3 Å². The van der Waals surface area contributed by atoms with Gasteiger partial charge in [0.05, 0.1) is 5.69 Å². The van der Waals surface area contributed by atoms with E-state index in [4.69, 9.17) is 0 Å². The predicted molar refractivity (Wildman–Crippen MR) is 101 cm³/mol. The Kier molecular flexibility index (Phi) is 4.98. The maximum Gasteiger partial charge on any atom is 0.272 e. The van der Waals surface area contributed by atoms with E-state index in [2.05, 4.69) is 50.1 Å². The van der Waals surface area contributed by atoms with Crippen LogP contribution in [0.1, 0.15) is 55.4 Å². The fraction of sp³-hybridized carbons (Fsp3) is 0.524. The van der Waals surface area contributed by atoms with E-state index in [9.17, 15) is 4.79 Å². The molecule has 0 unspecified atom stereocenters. The van der Waals surface area contributed by atoms with E-state index in [1.165, 1.54) is 5.56 Å². The molecule has 0 radical (unpaired) electrons. The van der Waals surface area contributed by atoms with Gasteiger partial charge in [0.2, 0.25) is 0 Å². The number of hydrogen-bond acceptors (Lipinski definition) is 2. The van der Waals surface area contributed by atoms with Crippen molar-refractivity contribution in [1.82, 2.24) is 14.7 Å². The predicted octanol–water partition coefficient (Wildman–Crippen LogP) is 3.81. The maximum absolute atomic E-state index is 13.1. The molecule has 1 atom stereocenters. The zero-order chi connectivity index (χ0) is 18.0. The van der Waals surface area contributed by atoms with E-state index in [1.807, 2.05) is 24.1 Å². The molecule has 1 aliphatic rings. The Bertz CT molecular complexity index is 735. The molecule has 0 spiro atoms. The molecule has 4 nitrogen and oxygen atoms in total. The lowest BCUT2D eigenvalue weighted by molar-refractivity contribution is 0.0640. The highest BCUT2D eigenvalue weighted by atomic mass is 16.2. The van der Waals surface area contributed by atoms with E-state index >= 15 is 0 Å². The Balaban J connectivity index is 1.80. The number of hydrogen-bond donors (Lipinski definition) is 0. The van der Waals surface area contributed by atoms with Crippen molar-refractivity contribution in [2.24, 2.45) is 13.0 Å². The highest BCUT2D eigenvalue weighted by Gasteiger charge is 2.35. The molecule has 3 rings (SSSR count). The van der Waals surface area contributed by atoms with Crippen LogP contribution in [0.5, 0.6) is 0 Å². The molecule has 1 amide bonds. The number of aryl methyl sites for hydroxylation is 1. The van der Waals surface area contributed by atoms with Gasteiger partial charge in [-0.3, -0.25) is 9.48 Å². The van der Waals surface area contributed by atoms with Crippen LogP contribution in [0.2, 0.25) is 0 Å². The largest absolute Gasteiger partial charge is 0.336 e. The van der Waals surface area contributed by atoms with Gasteiger partial charge in [-0.25, -0.2) is 0 Å². The van der Waals surface area contributed by atoms with E-state index in [1.54, 1.807) is 4.68 Å². The molecule has 0 aliphatic carbocycles. The molecule has 2 heterocycles. The van der Waals surface area contributed by atoms with Crippen molar-refractivity contribution < 1.29 is 4.79 Å². The first-order valence-corrected chi connectivity index (χ1v) is 9.27. The fourth-order valence-corrected chi connectivity index (χ4v) is 3.90. The highest BCUT2D eigenvalue weighted by Crippen LogP contribution is 2.34. The Morgan fingerprint density at radius 3 is 2.68 bits per heavy atom. The molecule has 25 heavy (non-hydrogen) atoms. The van der Waals surface area contributed by atoms with Gasteiger partial charge in [0.25, 0.3) is 5.91 Å². The summed E-state index contributed by atoms with van der Waals surface area (Å²) in [5.41, 5.74) is 3.05. The summed E-state index contributed by atoms with van der Waals surface area (Å²) in [4.78, 5) is 15.1. The number of nitrogens with zero attached hydrogens (tertiary/aromatic N) is 3. The molecule has 1 aliphatic heterocycles. The van der Waals surface area contributed by atoms with E-state index in [0.29, 0.717) is 11.6 Å². The van der Waals surface area contributed by atoms with E-state index < -0.39 is 0 Å².